The third kappa shape index (κ3) is 3.77. The predicted molar refractivity (Wildman–Crippen MR) is 115 cm³/mol. The van der Waals surface area contributed by atoms with Crippen molar-refractivity contribution in [3.63, 3.8) is 0 Å². The monoisotopic (exact) mass is 436 g/mol. The van der Waals surface area contributed by atoms with Gasteiger partial charge in [0, 0.05) is 32.2 Å². The van der Waals surface area contributed by atoms with E-state index in [1.165, 1.54) is 21.3 Å². The second kappa shape index (κ2) is 9.24. The van der Waals surface area contributed by atoms with Gasteiger partial charge in [0.2, 0.25) is 12.5 Å². The smallest absolute Gasteiger partial charge is 0.231 e. The average Bonchev–Trinajstić information content (AvgIpc) is 3.33. The van der Waals surface area contributed by atoms with Crippen molar-refractivity contribution in [3.8, 4) is 28.7 Å². The van der Waals surface area contributed by atoms with Crippen molar-refractivity contribution in [1.29, 1.82) is 0 Å². The summed E-state index contributed by atoms with van der Waals surface area (Å²) in [5.41, 5.74) is 2.43. The highest BCUT2D eigenvalue weighted by atomic mass is 16.7. The molecule has 1 aliphatic carbocycles. The summed E-state index contributed by atoms with van der Waals surface area (Å²) in [6.07, 6.45) is 0.386. The molecule has 0 fully saturated rings. The first kappa shape index (κ1) is 15.2. The van der Waals surface area contributed by atoms with Crippen molar-refractivity contribution >= 4 is 0 Å². The second-order valence-electron chi connectivity index (χ2n) is 7.56. The SMILES string of the molecule is [2H]C([2H])([2H])OC[C@H]1Cc2cc(OC)c3c(c2[C@@H](c2ccc(OC)c(OC)c2)[C@@H]1COC([2H])([2H])[2H])OCO3. The number of benzene rings is 2. The van der Waals surface area contributed by atoms with Crippen LogP contribution in [0, 0.1) is 11.8 Å². The lowest BCUT2D eigenvalue weighted by molar-refractivity contribution is 0.0559. The van der Waals surface area contributed by atoms with E-state index in [4.69, 9.17) is 41.4 Å². The van der Waals surface area contributed by atoms with Crippen LogP contribution in [0.4, 0.5) is 0 Å². The van der Waals surface area contributed by atoms with Gasteiger partial charge in [-0.3, -0.25) is 0 Å². The van der Waals surface area contributed by atoms with Gasteiger partial charge >= 0.3 is 0 Å². The van der Waals surface area contributed by atoms with E-state index in [0.29, 0.717) is 35.2 Å². The van der Waals surface area contributed by atoms with Crippen LogP contribution in [-0.2, 0) is 15.9 Å². The van der Waals surface area contributed by atoms with E-state index in [1.807, 2.05) is 18.2 Å². The van der Waals surface area contributed by atoms with E-state index < -0.39 is 31.8 Å². The lowest BCUT2D eigenvalue weighted by Crippen LogP contribution is -2.36. The number of hydrogen-bond acceptors (Lipinski definition) is 7. The Labute approximate surface area is 191 Å². The molecule has 31 heavy (non-hydrogen) atoms. The molecule has 0 N–H and O–H groups in total. The summed E-state index contributed by atoms with van der Waals surface area (Å²) in [4.78, 5) is 0. The number of ether oxygens (including phenoxy) is 7. The zero-order chi connectivity index (χ0) is 27.0. The fourth-order valence-electron chi connectivity index (χ4n) is 4.77. The predicted octanol–water partition coefficient (Wildman–Crippen LogP) is 3.65. The van der Waals surface area contributed by atoms with Gasteiger partial charge in [-0.25, -0.2) is 0 Å². The van der Waals surface area contributed by atoms with Gasteiger partial charge in [0.05, 0.1) is 36.2 Å². The zero-order valence-electron chi connectivity index (χ0n) is 23.7. The lowest BCUT2D eigenvalue weighted by Gasteiger charge is -2.40. The number of methoxy groups -OCH3 is 5. The Bertz CT molecular complexity index is 1120. The minimum atomic E-state index is -2.64. The maximum atomic E-state index is 7.62. The van der Waals surface area contributed by atoms with E-state index in [1.54, 1.807) is 6.07 Å². The molecular formula is C24H30O7. The summed E-state index contributed by atoms with van der Waals surface area (Å²) in [5.74, 6) is 1.10. The normalized spacial score (nSPS) is 25.2. The van der Waals surface area contributed by atoms with Crippen LogP contribution in [0.2, 0.25) is 0 Å². The van der Waals surface area contributed by atoms with Gasteiger partial charge in [0.1, 0.15) is 0 Å². The molecule has 2 aromatic carbocycles. The van der Waals surface area contributed by atoms with Gasteiger partial charge in [-0.05, 0) is 47.6 Å². The summed E-state index contributed by atoms with van der Waals surface area (Å²) in [6.45, 7) is -0.306. The number of rotatable bonds is 8. The maximum absolute atomic E-state index is 7.62. The van der Waals surface area contributed by atoms with Gasteiger partial charge in [0.25, 0.3) is 0 Å². The van der Waals surface area contributed by atoms with Crippen LogP contribution in [0.3, 0.4) is 0 Å². The summed E-state index contributed by atoms with van der Waals surface area (Å²) < 4.78 is 84.1. The highest BCUT2D eigenvalue weighted by Gasteiger charge is 2.42. The summed E-state index contributed by atoms with van der Waals surface area (Å²) in [5, 5.41) is 0. The van der Waals surface area contributed by atoms with Gasteiger partial charge < -0.3 is 33.2 Å². The molecule has 0 spiro atoms. The van der Waals surface area contributed by atoms with E-state index >= 15 is 0 Å². The highest BCUT2D eigenvalue weighted by Crippen LogP contribution is 2.55. The summed E-state index contributed by atoms with van der Waals surface area (Å²) in [6, 6.07) is 7.28. The van der Waals surface area contributed by atoms with Crippen molar-refractivity contribution in [1.82, 2.24) is 0 Å². The minimum absolute atomic E-state index is 0.00280. The topological polar surface area (TPSA) is 64.6 Å². The van der Waals surface area contributed by atoms with Crippen LogP contribution in [0.5, 0.6) is 28.7 Å². The molecule has 7 nitrogen and oxygen atoms in total. The molecule has 0 amide bonds. The Morgan fingerprint density at radius 3 is 2.39 bits per heavy atom. The molecule has 1 aliphatic heterocycles. The van der Waals surface area contributed by atoms with Crippen LogP contribution in [0.25, 0.3) is 0 Å². The van der Waals surface area contributed by atoms with Crippen LogP contribution in [0.15, 0.2) is 24.3 Å². The molecule has 168 valence electrons. The first-order chi connectivity index (χ1) is 17.5. The van der Waals surface area contributed by atoms with Crippen LogP contribution >= 0.6 is 0 Å². The highest BCUT2D eigenvalue weighted by molar-refractivity contribution is 5.64. The fraction of sp³-hybridized carbons (Fsp3) is 0.500. The molecule has 4 rings (SSSR count). The summed E-state index contributed by atoms with van der Waals surface area (Å²) in [7, 11) is -0.661. The van der Waals surface area contributed by atoms with Crippen LogP contribution in [0.1, 0.15) is 30.8 Å². The molecule has 0 aromatic heterocycles. The van der Waals surface area contributed by atoms with E-state index in [0.717, 1.165) is 16.7 Å². The Balaban J connectivity index is 1.90. The number of hydrogen-bond donors (Lipinski definition) is 0. The standard InChI is InChI=1S/C24H30O7/c1-25-11-16-8-15-10-20(29-5)23-24(31-13-30-23)22(15)21(17(16)12-26-2)14-6-7-18(27-3)19(9-14)28-4/h6-7,9-10,16-17,21H,8,11-13H2,1-5H3/t16-,17-,21+/m1/s1/i1D3,2D3. The molecule has 2 aliphatic rings. The van der Waals surface area contributed by atoms with E-state index in [-0.39, 0.29) is 20.0 Å². The van der Waals surface area contributed by atoms with Crippen molar-refractivity contribution in [3.05, 3.63) is 41.0 Å². The molecule has 3 atom stereocenters. The average molecular weight is 437 g/mol. The van der Waals surface area contributed by atoms with E-state index in [2.05, 4.69) is 0 Å². The molecule has 1 heterocycles. The van der Waals surface area contributed by atoms with Crippen molar-refractivity contribution in [2.75, 3.05) is 55.4 Å². The minimum Gasteiger partial charge on any atom is -0.493 e. The number of fused-ring (bicyclic) bond motifs is 3. The third-order valence-corrected chi connectivity index (χ3v) is 6.12. The molecule has 2 aromatic rings. The first-order valence-electron chi connectivity index (χ1n) is 12.9. The molecule has 0 radical (unpaired) electrons. The van der Waals surface area contributed by atoms with Gasteiger partial charge in [0.15, 0.2) is 23.0 Å². The van der Waals surface area contributed by atoms with Crippen molar-refractivity contribution in [2.24, 2.45) is 11.8 Å². The Hall–Kier alpha value is -2.64. The summed E-state index contributed by atoms with van der Waals surface area (Å²) >= 11 is 0. The van der Waals surface area contributed by atoms with Gasteiger partial charge in [-0.2, -0.15) is 0 Å². The first-order valence-corrected chi connectivity index (χ1v) is 9.95. The van der Waals surface area contributed by atoms with Crippen LogP contribution in [-0.4, -0.2) is 55.4 Å². The fourth-order valence-corrected chi connectivity index (χ4v) is 4.77. The molecule has 7 heteroatoms. The zero-order valence-corrected chi connectivity index (χ0v) is 17.7. The lowest BCUT2D eigenvalue weighted by atomic mass is 9.66. The van der Waals surface area contributed by atoms with Gasteiger partial charge in [-0.15, -0.1) is 0 Å². The Morgan fingerprint density at radius 1 is 0.903 bits per heavy atom. The van der Waals surface area contributed by atoms with Crippen molar-refractivity contribution in [2.45, 2.75) is 12.3 Å². The van der Waals surface area contributed by atoms with Crippen molar-refractivity contribution < 1.29 is 41.4 Å². The Morgan fingerprint density at radius 2 is 1.65 bits per heavy atom. The second-order valence-corrected chi connectivity index (χ2v) is 7.56. The largest absolute Gasteiger partial charge is 0.493 e. The van der Waals surface area contributed by atoms with Crippen LogP contribution < -0.4 is 23.7 Å². The molecule has 0 saturated heterocycles. The molecule has 0 bridgehead atoms. The maximum Gasteiger partial charge on any atom is 0.231 e. The molecular weight excluding hydrogens is 400 g/mol. The van der Waals surface area contributed by atoms with Gasteiger partial charge in [-0.1, -0.05) is 6.07 Å². The molecule has 0 saturated carbocycles. The Kier molecular flexibility index (Phi) is 4.53. The quantitative estimate of drug-likeness (QED) is 0.626. The van der Waals surface area contributed by atoms with E-state index in [9.17, 15) is 0 Å². The molecule has 0 unspecified atom stereocenters. The third-order valence-electron chi connectivity index (χ3n) is 6.12.